The quantitative estimate of drug-likeness (QED) is 0.558. The second kappa shape index (κ2) is 8.71. The number of ether oxygens (including phenoxy) is 2. The Labute approximate surface area is 170 Å². The van der Waals surface area contributed by atoms with Gasteiger partial charge < -0.3 is 24.7 Å². The van der Waals surface area contributed by atoms with Gasteiger partial charge in [-0.3, -0.25) is 10.2 Å². The number of carbonyl (C=O) groups is 1. The van der Waals surface area contributed by atoms with Crippen molar-refractivity contribution in [2.45, 2.75) is 37.5 Å². The maximum atomic E-state index is 12.0. The van der Waals surface area contributed by atoms with E-state index in [9.17, 15) is 4.79 Å². The van der Waals surface area contributed by atoms with Crippen LogP contribution in [0.25, 0.3) is 0 Å². The summed E-state index contributed by atoms with van der Waals surface area (Å²) in [6, 6.07) is 8.65. The van der Waals surface area contributed by atoms with Crippen LogP contribution in [0, 0.1) is 0 Å². The fourth-order valence-electron chi connectivity index (χ4n) is 3.97. The first-order chi connectivity index (χ1) is 14.2. The average molecular weight is 400 g/mol. The molecule has 0 aromatic heterocycles. The number of rotatable bonds is 8. The van der Waals surface area contributed by atoms with E-state index >= 15 is 0 Å². The molecule has 9 nitrogen and oxygen atoms in total. The van der Waals surface area contributed by atoms with E-state index in [-0.39, 0.29) is 24.2 Å². The smallest absolute Gasteiger partial charge is 0.220 e. The van der Waals surface area contributed by atoms with E-state index in [0.29, 0.717) is 26.0 Å². The summed E-state index contributed by atoms with van der Waals surface area (Å²) in [5.41, 5.74) is 8.05. The van der Waals surface area contributed by atoms with Gasteiger partial charge in [0.2, 0.25) is 5.91 Å². The molecule has 1 fully saturated rings. The Morgan fingerprint density at radius 2 is 2.10 bits per heavy atom. The highest BCUT2D eigenvalue weighted by atomic mass is 16.5. The van der Waals surface area contributed by atoms with Gasteiger partial charge in [-0.1, -0.05) is 12.1 Å². The zero-order valence-corrected chi connectivity index (χ0v) is 16.8. The molecule has 3 heterocycles. The number of amidine groups is 1. The van der Waals surface area contributed by atoms with Gasteiger partial charge in [-0.05, 0) is 24.1 Å². The lowest BCUT2D eigenvalue weighted by atomic mass is 9.99. The molecule has 0 radical (unpaired) electrons. The molecule has 3 aliphatic rings. The largest absolute Gasteiger partial charge is 0.497 e. The van der Waals surface area contributed by atoms with Crippen molar-refractivity contribution in [3.63, 3.8) is 0 Å². The van der Waals surface area contributed by atoms with Gasteiger partial charge in [0.25, 0.3) is 0 Å². The van der Waals surface area contributed by atoms with E-state index in [1.165, 1.54) is 5.56 Å². The van der Waals surface area contributed by atoms with E-state index in [2.05, 4.69) is 43.3 Å². The lowest BCUT2D eigenvalue weighted by molar-refractivity contribution is -0.121. The number of fused-ring (bicyclic) bond motifs is 3. The molecule has 1 aromatic rings. The van der Waals surface area contributed by atoms with Crippen molar-refractivity contribution in [1.82, 2.24) is 26.1 Å². The third-order valence-electron chi connectivity index (χ3n) is 5.54. The molecule has 9 heteroatoms. The zero-order chi connectivity index (χ0) is 20.2. The second-order valence-electron chi connectivity index (χ2n) is 7.32. The van der Waals surface area contributed by atoms with Gasteiger partial charge in [-0.25, -0.2) is 5.43 Å². The maximum Gasteiger partial charge on any atom is 0.220 e. The van der Waals surface area contributed by atoms with E-state index in [0.717, 1.165) is 18.0 Å². The summed E-state index contributed by atoms with van der Waals surface area (Å²) in [7, 11) is 3.29. The summed E-state index contributed by atoms with van der Waals surface area (Å²) >= 11 is 0. The van der Waals surface area contributed by atoms with Crippen molar-refractivity contribution in [2.75, 3.05) is 27.4 Å². The van der Waals surface area contributed by atoms with E-state index < -0.39 is 0 Å². The lowest BCUT2D eigenvalue weighted by Crippen LogP contribution is -2.54. The number of nitrogens with one attached hydrogen (secondary N) is 3. The van der Waals surface area contributed by atoms with E-state index in [1.807, 2.05) is 24.5 Å². The molecule has 156 valence electrons. The number of carbonyl (C=O) groups excluding carboxylic acids is 1. The third-order valence-corrected chi connectivity index (χ3v) is 5.54. The number of benzene rings is 1. The van der Waals surface area contributed by atoms with Gasteiger partial charge in [-0.15, -0.1) is 0 Å². The number of hydrazone groups is 1. The normalized spacial score (nSPS) is 24.6. The van der Waals surface area contributed by atoms with Crippen LogP contribution in [0.3, 0.4) is 0 Å². The highest BCUT2D eigenvalue weighted by molar-refractivity contribution is 5.89. The predicted octanol–water partition coefficient (Wildman–Crippen LogP) is 0.888. The molecule has 0 bridgehead atoms. The number of hydrogen-bond donors (Lipinski definition) is 3. The van der Waals surface area contributed by atoms with Crippen LogP contribution in [-0.4, -0.2) is 61.2 Å². The van der Waals surface area contributed by atoms with Gasteiger partial charge in [0.1, 0.15) is 17.8 Å². The first-order valence-electron chi connectivity index (χ1n) is 9.92. The van der Waals surface area contributed by atoms with Crippen LogP contribution in [0.15, 0.2) is 41.8 Å². The summed E-state index contributed by atoms with van der Waals surface area (Å²) < 4.78 is 10.2. The van der Waals surface area contributed by atoms with Crippen LogP contribution >= 0.6 is 0 Å². The predicted molar refractivity (Wildman–Crippen MR) is 109 cm³/mol. The first-order valence-corrected chi connectivity index (χ1v) is 9.92. The number of nitrogens with zero attached hydrogens (tertiary/aromatic N) is 3. The molecule has 3 atom stereocenters. The highest BCUT2D eigenvalue weighted by Crippen LogP contribution is 2.34. The Morgan fingerprint density at radius 1 is 1.28 bits per heavy atom. The van der Waals surface area contributed by atoms with Gasteiger partial charge in [0.15, 0.2) is 0 Å². The average Bonchev–Trinajstić information content (AvgIpc) is 3.36. The van der Waals surface area contributed by atoms with Crippen LogP contribution in [-0.2, 0) is 9.53 Å². The van der Waals surface area contributed by atoms with Crippen LogP contribution in [0.5, 0.6) is 5.75 Å². The molecular formula is C20H28N6O3. The van der Waals surface area contributed by atoms with Crippen LogP contribution in [0.4, 0.5) is 0 Å². The summed E-state index contributed by atoms with van der Waals surface area (Å²) in [4.78, 5) is 14.1. The second-order valence-corrected chi connectivity index (χ2v) is 7.32. The number of hydrazine groups is 1. The molecule has 0 spiro atoms. The molecule has 3 N–H and O–H groups in total. The Morgan fingerprint density at radius 3 is 2.86 bits per heavy atom. The Kier molecular flexibility index (Phi) is 5.86. The maximum absolute atomic E-state index is 12.0. The zero-order valence-electron chi connectivity index (χ0n) is 16.8. The van der Waals surface area contributed by atoms with Crippen molar-refractivity contribution in [3.05, 3.63) is 42.2 Å². The Hall–Kier alpha value is -2.78. The number of amides is 1. The minimum Gasteiger partial charge on any atom is -0.497 e. The SMILES string of the molecule is COCCNC(=O)CCC1=NNC2C3CC(c4ccc(OC)cc4)NN3C=CN12. The van der Waals surface area contributed by atoms with E-state index in [1.54, 1.807) is 14.2 Å². The molecule has 1 amide bonds. The topological polar surface area (TPSA) is 90.5 Å². The van der Waals surface area contributed by atoms with Crippen molar-refractivity contribution in [1.29, 1.82) is 0 Å². The van der Waals surface area contributed by atoms with Crippen LogP contribution < -0.4 is 20.9 Å². The summed E-state index contributed by atoms with van der Waals surface area (Å²) in [6.45, 7) is 1.05. The summed E-state index contributed by atoms with van der Waals surface area (Å²) in [5.74, 6) is 1.76. The Balaban J connectivity index is 1.33. The molecular weight excluding hydrogens is 372 g/mol. The molecule has 0 aliphatic carbocycles. The molecule has 4 rings (SSSR count). The lowest BCUT2D eigenvalue weighted by Gasteiger charge is -2.37. The molecule has 0 saturated carbocycles. The molecule has 3 aliphatic heterocycles. The molecule has 1 aromatic carbocycles. The molecule has 1 saturated heterocycles. The highest BCUT2D eigenvalue weighted by Gasteiger charge is 2.44. The van der Waals surface area contributed by atoms with Gasteiger partial charge >= 0.3 is 0 Å². The third kappa shape index (κ3) is 4.15. The van der Waals surface area contributed by atoms with Crippen molar-refractivity contribution >= 4 is 11.7 Å². The number of hydrogen-bond acceptors (Lipinski definition) is 8. The molecule has 29 heavy (non-hydrogen) atoms. The fraction of sp³-hybridized carbons (Fsp3) is 0.500. The summed E-state index contributed by atoms with van der Waals surface area (Å²) in [6.07, 6.45) is 6.07. The van der Waals surface area contributed by atoms with Gasteiger partial charge in [-0.2, -0.15) is 5.10 Å². The Bertz CT molecular complexity index is 781. The van der Waals surface area contributed by atoms with Crippen molar-refractivity contribution < 1.29 is 14.3 Å². The van der Waals surface area contributed by atoms with Gasteiger partial charge in [0.05, 0.1) is 25.8 Å². The standard InChI is InChI=1S/C20H28N6O3/c1-28-12-9-21-19(27)8-7-18-22-23-20-17-13-16(24-26(17)11-10-25(18)20)14-3-5-15(29-2)6-4-14/h3-6,10-11,16-17,20,23-24H,7-9,12-13H2,1-2H3,(H,21,27). The molecule has 3 unspecified atom stereocenters. The van der Waals surface area contributed by atoms with Crippen LogP contribution in [0.2, 0.25) is 0 Å². The number of methoxy groups -OCH3 is 2. The van der Waals surface area contributed by atoms with Crippen molar-refractivity contribution in [3.8, 4) is 5.75 Å². The van der Waals surface area contributed by atoms with Crippen LogP contribution in [0.1, 0.15) is 30.9 Å². The first kappa shape index (κ1) is 19.5. The van der Waals surface area contributed by atoms with Gasteiger partial charge in [0, 0.05) is 38.9 Å². The minimum absolute atomic E-state index is 0.0120. The minimum atomic E-state index is 0.0120. The monoisotopic (exact) mass is 400 g/mol. The van der Waals surface area contributed by atoms with E-state index in [4.69, 9.17) is 9.47 Å². The fourth-order valence-corrected chi connectivity index (χ4v) is 3.97. The van der Waals surface area contributed by atoms with Crippen molar-refractivity contribution in [2.24, 2.45) is 5.10 Å². The summed E-state index contributed by atoms with van der Waals surface area (Å²) in [5, 5.41) is 9.49.